The van der Waals surface area contributed by atoms with Gasteiger partial charge in [0, 0.05) is 21.8 Å². The van der Waals surface area contributed by atoms with Gasteiger partial charge in [0.2, 0.25) is 0 Å². The number of rotatable bonds is 6. The minimum Gasteiger partial charge on any atom is -0.466 e. The van der Waals surface area contributed by atoms with E-state index in [1.54, 1.807) is 11.3 Å². The van der Waals surface area contributed by atoms with Crippen LogP contribution in [0.25, 0.3) is 0 Å². The minimum atomic E-state index is -0.141. The predicted octanol–water partition coefficient (Wildman–Crippen LogP) is 3.49. The number of nitrogens with two attached hydrogens (primary N) is 1. The maximum Gasteiger partial charge on any atom is 0.306 e. The Hall–Kier alpha value is -0.390. The normalized spacial score (nSPS) is 14.4. The van der Waals surface area contributed by atoms with E-state index in [-0.39, 0.29) is 17.9 Å². The molecule has 2 unspecified atom stereocenters. The Morgan fingerprint density at radius 1 is 1.65 bits per heavy atom. The quantitative estimate of drug-likeness (QED) is 0.816. The lowest BCUT2D eigenvalue weighted by atomic mass is 9.98. The Morgan fingerprint density at radius 3 is 2.88 bits per heavy atom. The van der Waals surface area contributed by atoms with Gasteiger partial charge in [-0.1, -0.05) is 6.92 Å². The fraction of sp³-hybridized carbons (Fsp3) is 0.583. The van der Waals surface area contributed by atoms with Gasteiger partial charge in [-0.05, 0) is 46.6 Å². The summed E-state index contributed by atoms with van der Waals surface area (Å²) in [4.78, 5) is 12.5. The molecular weight excluding hydrogens is 302 g/mol. The summed E-state index contributed by atoms with van der Waals surface area (Å²) in [5, 5.41) is 2.01. The lowest BCUT2D eigenvalue weighted by Gasteiger charge is -2.16. The molecule has 0 aromatic carbocycles. The Morgan fingerprint density at radius 2 is 2.35 bits per heavy atom. The molecule has 0 amide bonds. The lowest BCUT2D eigenvalue weighted by molar-refractivity contribution is -0.144. The van der Waals surface area contributed by atoms with E-state index in [2.05, 4.69) is 15.9 Å². The molecule has 0 saturated carbocycles. The van der Waals surface area contributed by atoms with E-state index in [0.29, 0.717) is 13.0 Å². The first-order valence-electron chi connectivity index (χ1n) is 5.68. The van der Waals surface area contributed by atoms with E-state index < -0.39 is 0 Å². The van der Waals surface area contributed by atoms with Crippen LogP contribution in [-0.2, 0) is 9.53 Å². The van der Waals surface area contributed by atoms with Gasteiger partial charge >= 0.3 is 5.97 Å². The number of hydrogen-bond donors (Lipinski definition) is 1. The first kappa shape index (κ1) is 14.7. The third kappa shape index (κ3) is 4.77. The van der Waals surface area contributed by atoms with E-state index in [0.717, 1.165) is 15.8 Å². The molecule has 2 N–H and O–H groups in total. The molecule has 0 bridgehead atoms. The Kier molecular flexibility index (Phi) is 6.16. The topological polar surface area (TPSA) is 52.3 Å². The van der Waals surface area contributed by atoms with Crippen LogP contribution in [0.3, 0.4) is 0 Å². The van der Waals surface area contributed by atoms with Crippen molar-refractivity contribution in [2.45, 2.75) is 32.7 Å². The molecule has 0 aliphatic heterocycles. The van der Waals surface area contributed by atoms with Crippen LogP contribution in [0.2, 0.25) is 0 Å². The highest BCUT2D eigenvalue weighted by Gasteiger charge is 2.17. The molecule has 1 aromatic heterocycles. The van der Waals surface area contributed by atoms with Crippen molar-refractivity contribution in [3.05, 3.63) is 20.8 Å². The second-order valence-electron chi connectivity index (χ2n) is 4.09. The molecular formula is C12H18BrNO2S. The van der Waals surface area contributed by atoms with Crippen LogP contribution in [0, 0.1) is 5.92 Å². The monoisotopic (exact) mass is 319 g/mol. The standard InChI is InChI=1S/C12H18BrNO2S/c1-3-16-11(15)7-8(2)6-10(14)12-9(13)4-5-17-12/h4-5,8,10H,3,6-7,14H2,1-2H3. The van der Waals surface area contributed by atoms with Crippen molar-refractivity contribution in [1.29, 1.82) is 0 Å². The SMILES string of the molecule is CCOC(=O)CC(C)CC(N)c1sccc1Br. The summed E-state index contributed by atoms with van der Waals surface area (Å²) in [7, 11) is 0. The zero-order valence-electron chi connectivity index (χ0n) is 10.1. The third-order valence-corrected chi connectivity index (χ3v) is 4.46. The van der Waals surface area contributed by atoms with Crippen molar-refractivity contribution in [2.24, 2.45) is 11.7 Å². The number of hydrogen-bond acceptors (Lipinski definition) is 4. The maximum atomic E-state index is 11.3. The molecule has 17 heavy (non-hydrogen) atoms. The third-order valence-electron chi connectivity index (χ3n) is 2.46. The van der Waals surface area contributed by atoms with E-state index in [1.807, 2.05) is 25.3 Å². The van der Waals surface area contributed by atoms with E-state index in [9.17, 15) is 4.79 Å². The van der Waals surface area contributed by atoms with Gasteiger partial charge in [-0.15, -0.1) is 11.3 Å². The zero-order chi connectivity index (χ0) is 12.8. The van der Waals surface area contributed by atoms with Crippen molar-refractivity contribution in [2.75, 3.05) is 6.61 Å². The summed E-state index contributed by atoms with van der Waals surface area (Å²) < 4.78 is 5.98. The molecule has 0 aliphatic carbocycles. The van der Waals surface area contributed by atoms with Crippen LogP contribution in [0.4, 0.5) is 0 Å². The molecule has 96 valence electrons. The molecule has 0 spiro atoms. The van der Waals surface area contributed by atoms with Crippen LogP contribution in [0.15, 0.2) is 15.9 Å². The molecule has 0 fully saturated rings. The predicted molar refractivity (Wildman–Crippen MR) is 74.0 cm³/mol. The molecule has 1 rings (SSSR count). The van der Waals surface area contributed by atoms with Crippen LogP contribution >= 0.6 is 27.3 Å². The largest absolute Gasteiger partial charge is 0.466 e. The number of carbonyl (C=O) groups excluding carboxylic acids is 1. The molecule has 0 aliphatic rings. The molecule has 3 nitrogen and oxygen atoms in total. The van der Waals surface area contributed by atoms with Crippen molar-refractivity contribution >= 4 is 33.2 Å². The summed E-state index contributed by atoms with van der Waals surface area (Å²) in [6, 6.07) is 1.98. The van der Waals surface area contributed by atoms with Crippen LogP contribution in [0.1, 0.15) is 37.6 Å². The molecule has 1 heterocycles. The molecule has 2 atom stereocenters. The fourth-order valence-electron chi connectivity index (χ4n) is 1.70. The van der Waals surface area contributed by atoms with Crippen molar-refractivity contribution < 1.29 is 9.53 Å². The minimum absolute atomic E-state index is 0.0196. The summed E-state index contributed by atoms with van der Waals surface area (Å²) in [6.45, 7) is 4.28. The highest BCUT2D eigenvalue weighted by Crippen LogP contribution is 2.31. The second kappa shape index (κ2) is 7.13. The van der Waals surface area contributed by atoms with Crippen LogP contribution in [-0.4, -0.2) is 12.6 Å². The number of esters is 1. The van der Waals surface area contributed by atoms with Crippen molar-refractivity contribution in [3.63, 3.8) is 0 Å². The first-order valence-corrected chi connectivity index (χ1v) is 7.36. The average Bonchev–Trinajstić information content (AvgIpc) is 2.64. The molecule has 5 heteroatoms. The van der Waals surface area contributed by atoms with E-state index >= 15 is 0 Å². The van der Waals surface area contributed by atoms with Crippen LogP contribution < -0.4 is 5.73 Å². The van der Waals surface area contributed by atoms with Gasteiger partial charge in [0.15, 0.2) is 0 Å². The number of halogens is 1. The highest BCUT2D eigenvalue weighted by atomic mass is 79.9. The highest BCUT2D eigenvalue weighted by molar-refractivity contribution is 9.10. The van der Waals surface area contributed by atoms with E-state index in [4.69, 9.17) is 10.5 Å². The zero-order valence-corrected chi connectivity index (χ0v) is 12.5. The van der Waals surface area contributed by atoms with Gasteiger partial charge in [0.05, 0.1) is 6.61 Å². The molecule has 0 radical (unpaired) electrons. The van der Waals surface area contributed by atoms with Crippen molar-refractivity contribution in [3.8, 4) is 0 Å². The maximum absolute atomic E-state index is 11.3. The Balaban J connectivity index is 2.43. The van der Waals surface area contributed by atoms with E-state index in [1.165, 1.54) is 0 Å². The first-order chi connectivity index (χ1) is 8.04. The van der Waals surface area contributed by atoms with Crippen molar-refractivity contribution in [1.82, 2.24) is 0 Å². The summed E-state index contributed by atoms with van der Waals surface area (Å²) in [5.74, 6) is 0.0931. The van der Waals surface area contributed by atoms with Gasteiger partial charge < -0.3 is 10.5 Å². The fourth-order valence-corrected chi connectivity index (χ4v) is 3.38. The van der Waals surface area contributed by atoms with Crippen LogP contribution in [0.5, 0.6) is 0 Å². The molecule has 1 aromatic rings. The van der Waals surface area contributed by atoms with Gasteiger partial charge in [-0.3, -0.25) is 4.79 Å². The second-order valence-corrected chi connectivity index (χ2v) is 5.89. The average molecular weight is 320 g/mol. The number of carbonyl (C=O) groups is 1. The Bertz CT molecular complexity index is 367. The van der Waals surface area contributed by atoms with Gasteiger partial charge in [0.1, 0.15) is 0 Å². The lowest BCUT2D eigenvalue weighted by Crippen LogP contribution is -2.16. The Labute approximate surface area is 114 Å². The summed E-state index contributed by atoms with van der Waals surface area (Å²) in [6.07, 6.45) is 1.22. The van der Waals surface area contributed by atoms with Gasteiger partial charge in [-0.25, -0.2) is 0 Å². The summed E-state index contributed by atoms with van der Waals surface area (Å²) >= 11 is 5.11. The summed E-state index contributed by atoms with van der Waals surface area (Å²) in [5.41, 5.74) is 6.12. The number of ether oxygens (including phenoxy) is 1. The molecule has 0 saturated heterocycles. The van der Waals surface area contributed by atoms with Gasteiger partial charge in [-0.2, -0.15) is 0 Å². The smallest absolute Gasteiger partial charge is 0.306 e. The number of thiophene rings is 1. The van der Waals surface area contributed by atoms with Gasteiger partial charge in [0.25, 0.3) is 0 Å².